The molecule has 6 heteroatoms. The van der Waals surface area contributed by atoms with E-state index in [2.05, 4.69) is 10.3 Å². The summed E-state index contributed by atoms with van der Waals surface area (Å²) in [5, 5.41) is 2.98. The zero-order valence-electron chi connectivity index (χ0n) is 14.0. The molecule has 1 amide bonds. The Labute approximate surface area is 146 Å². The van der Waals surface area contributed by atoms with E-state index < -0.39 is 0 Å². The molecule has 25 heavy (non-hydrogen) atoms. The van der Waals surface area contributed by atoms with Crippen molar-refractivity contribution in [1.29, 1.82) is 0 Å². The van der Waals surface area contributed by atoms with Crippen LogP contribution in [0, 0.1) is 17.7 Å². The first-order valence-electron chi connectivity index (χ1n) is 8.52. The Morgan fingerprint density at radius 3 is 2.84 bits per heavy atom. The van der Waals surface area contributed by atoms with Gasteiger partial charge in [-0.2, -0.15) is 0 Å². The molecular formula is C19H22FN3O2. The molecule has 0 saturated heterocycles. The number of nitrogens with zero attached hydrogens (tertiary/aromatic N) is 1. The second kappa shape index (κ2) is 8.07. The smallest absolute Gasteiger partial charge is 0.223 e. The van der Waals surface area contributed by atoms with Gasteiger partial charge in [-0.25, -0.2) is 9.37 Å². The lowest BCUT2D eigenvalue weighted by Gasteiger charge is -2.17. The summed E-state index contributed by atoms with van der Waals surface area (Å²) >= 11 is 0. The number of aromatic nitrogens is 1. The van der Waals surface area contributed by atoms with Gasteiger partial charge < -0.3 is 15.8 Å². The maximum absolute atomic E-state index is 12.9. The second-order valence-corrected chi connectivity index (χ2v) is 6.31. The summed E-state index contributed by atoms with van der Waals surface area (Å²) < 4.78 is 18.5. The minimum Gasteiger partial charge on any atom is -0.439 e. The van der Waals surface area contributed by atoms with Crippen molar-refractivity contribution < 1.29 is 13.9 Å². The Hall–Kier alpha value is -2.47. The van der Waals surface area contributed by atoms with Crippen molar-refractivity contribution in [2.45, 2.75) is 25.8 Å². The second-order valence-electron chi connectivity index (χ2n) is 6.31. The molecule has 3 N–H and O–H groups in total. The number of benzene rings is 1. The van der Waals surface area contributed by atoms with Gasteiger partial charge in [0.15, 0.2) is 0 Å². The van der Waals surface area contributed by atoms with E-state index >= 15 is 0 Å². The fraction of sp³-hybridized carbons (Fsp3) is 0.368. The van der Waals surface area contributed by atoms with Crippen molar-refractivity contribution in [3.8, 4) is 11.6 Å². The number of hydrogen-bond donors (Lipinski definition) is 2. The Morgan fingerprint density at radius 1 is 1.28 bits per heavy atom. The number of amides is 1. The Balaban J connectivity index is 1.58. The molecule has 0 radical (unpaired) electrons. The van der Waals surface area contributed by atoms with Crippen LogP contribution in [0.2, 0.25) is 0 Å². The fourth-order valence-corrected chi connectivity index (χ4v) is 3.22. The minimum absolute atomic E-state index is 0.0155. The summed E-state index contributed by atoms with van der Waals surface area (Å²) in [5.41, 5.74) is 6.63. The normalized spacial score (nSPS) is 19.6. The Kier molecular flexibility index (Phi) is 5.60. The molecule has 2 atom stereocenters. The fourth-order valence-electron chi connectivity index (χ4n) is 3.22. The highest BCUT2D eigenvalue weighted by molar-refractivity contribution is 5.79. The summed E-state index contributed by atoms with van der Waals surface area (Å²) in [7, 11) is 0. The number of nitrogens with one attached hydrogen (secondary N) is 1. The van der Waals surface area contributed by atoms with E-state index in [0.29, 0.717) is 24.7 Å². The van der Waals surface area contributed by atoms with Crippen LogP contribution in [-0.2, 0) is 11.3 Å². The molecule has 1 saturated carbocycles. The van der Waals surface area contributed by atoms with E-state index in [1.165, 1.54) is 12.1 Å². The van der Waals surface area contributed by atoms with Crippen LogP contribution in [0.1, 0.15) is 24.8 Å². The van der Waals surface area contributed by atoms with E-state index in [1.54, 1.807) is 24.4 Å². The lowest BCUT2D eigenvalue weighted by Crippen LogP contribution is -2.34. The lowest BCUT2D eigenvalue weighted by atomic mass is 9.95. The minimum atomic E-state index is -0.320. The molecule has 0 aliphatic heterocycles. The van der Waals surface area contributed by atoms with Crippen LogP contribution in [0.15, 0.2) is 42.6 Å². The number of ether oxygens (including phenoxy) is 1. The number of carbonyl (C=O) groups excluding carboxylic acids is 1. The molecule has 132 valence electrons. The standard InChI is InChI=1S/C19H22FN3O2/c20-15-4-6-16(7-5-15)25-18-10-13(8-9-22-18)12-23-19(24)17-3-1-2-14(17)11-21/h4-10,14,17H,1-3,11-12,21H2,(H,23,24)/t14-,17-/m1/s1. The molecule has 2 aromatic rings. The zero-order chi connectivity index (χ0) is 17.6. The molecule has 1 heterocycles. The van der Waals surface area contributed by atoms with Gasteiger partial charge in [-0.05, 0) is 61.2 Å². The molecule has 0 spiro atoms. The van der Waals surface area contributed by atoms with Crippen LogP contribution < -0.4 is 15.8 Å². The maximum atomic E-state index is 12.9. The van der Waals surface area contributed by atoms with Gasteiger partial charge >= 0.3 is 0 Å². The highest BCUT2D eigenvalue weighted by Crippen LogP contribution is 2.31. The molecular weight excluding hydrogens is 321 g/mol. The first-order valence-corrected chi connectivity index (χ1v) is 8.52. The van der Waals surface area contributed by atoms with Crippen molar-refractivity contribution in [2.75, 3.05) is 6.54 Å². The monoisotopic (exact) mass is 343 g/mol. The first-order chi connectivity index (χ1) is 12.2. The van der Waals surface area contributed by atoms with Gasteiger partial charge in [0.2, 0.25) is 11.8 Å². The van der Waals surface area contributed by atoms with Crippen LogP contribution in [0.25, 0.3) is 0 Å². The molecule has 1 aliphatic rings. The van der Waals surface area contributed by atoms with Crippen molar-refractivity contribution in [3.63, 3.8) is 0 Å². The third kappa shape index (κ3) is 4.54. The largest absolute Gasteiger partial charge is 0.439 e. The van der Waals surface area contributed by atoms with Gasteiger partial charge in [-0.15, -0.1) is 0 Å². The van der Waals surface area contributed by atoms with E-state index in [0.717, 1.165) is 24.8 Å². The summed E-state index contributed by atoms with van der Waals surface area (Å²) in [6, 6.07) is 9.33. The molecule has 3 rings (SSSR count). The zero-order valence-corrected chi connectivity index (χ0v) is 14.0. The highest BCUT2D eigenvalue weighted by Gasteiger charge is 2.31. The Morgan fingerprint density at radius 2 is 2.08 bits per heavy atom. The average Bonchev–Trinajstić information content (AvgIpc) is 3.11. The number of hydrogen-bond acceptors (Lipinski definition) is 4. The van der Waals surface area contributed by atoms with Crippen molar-refractivity contribution in [2.24, 2.45) is 17.6 Å². The number of nitrogens with two attached hydrogens (primary N) is 1. The predicted octanol–water partition coefficient (Wildman–Crippen LogP) is 3.00. The number of rotatable bonds is 6. The molecule has 0 unspecified atom stereocenters. The van der Waals surface area contributed by atoms with Crippen molar-refractivity contribution >= 4 is 5.91 Å². The van der Waals surface area contributed by atoms with Gasteiger partial charge in [-0.1, -0.05) is 6.42 Å². The van der Waals surface area contributed by atoms with Gasteiger partial charge in [0.25, 0.3) is 0 Å². The highest BCUT2D eigenvalue weighted by atomic mass is 19.1. The van der Waals surface area contributed by atoms with E-state index in [-0.39, 0.29) is 23.6 Å². The summed E-state index contributed by atoms with van der Waals surface area (Å²) in [5.74, 6) is 0.952. The quantitative estimate of drug-likeness (QED) is 0.845. The molecule has 1 aromatic carbocycles. The van der Waals surface area contributed by atoms with E-state index in [9.17, 15) is 9.18 Å². The van der Waals surface area contributed by atoms with Crippen molar-refractivity contribution in [3.05, 3.63) is 54.0 Å². The van der Waals surface area contributed by atoms with Crippen LogP contribution in [0.5, 0.6) is 11.6 Å². The molecule has 0 bridgehead atoms. The Bertz CT molecular complexity index is 721. The molecule has 1 aromatic heterocycles. The first kappa shape index (κ1) is 17.4. The maximum Gasteiger partial charge on any atom is 0.223 e. The van der Waals surface area contributed by atoms with Crippen LogP contribution in [-0.4, -0.2) is 17.4 Å². The number of halogens is 1. The summed E-state index contributed by atoms with van der Waals surface area (Å²) in [6.07, 6.45) is 4.62. The van der Waals surface area contributed by atoms with Gasteiger partial charge in [-0.3, -0.25) is 4.79 Å². The third-order valence-electron chi connectivity index (χ3n) is 4.60. The predicted molar refractivity (Wildman–Crippen MR) is 92.4 cm³/mol. The molecule has 5 nitrogen and oxygen atoms in total. The third-order valence-corrected chi connectivity index (χ3v) is 4.60. The van der Waals surface area contributed by atoms with Crippen molar-refractivity contribution in [1.82, 2.24) is 10.3 Å². The summed E-state index contributed by atoms with van der Waals surface area (Å²) in [4.78, 5) is 16.5. The van der Waals surface area contributed by atoms with E-state index in [4.69, 9.17) is 10.5 Å². The average molecular weight is 343 g/mol. The van der Waals surface area contributed by atoms with Gasteiger partial charge in [0.05, 0.1) is 0 Å². The molecule has 1 fully saturated rings. The summed E-state index contributed by atoms with van der Waals surface area (Å²) in [6.45, 7) is 0.970. The van der Waals surface area contributed by atoms with Gasteiger partial charge in [0, 0.05) is 24.7 Å². The SMILES string of the molecule is NC[C@H]1CCC[C@H]1C(=O)NCc1ccnc(Oc2ccc(F)cc2)c1. The van der Waals surface area contributed by atoms with E-state index in [1.807, 2.05) is 6.07 Å². The number of carbonyl (C=O) groups is 1. The van der Waals surface area contributed by atoms with Crippen LogP contribution in [0.4, 0.5) is 4.39 Å². The van der Waals surface area contributed by atoms with Crippen LogP contribution in [0.3, 0.4) is 0 Å². The lowest BCUT2D eigenvalue weighted by molar-refractivity contribution is -0.126. The molecule has 1 aliphatic carbocycles. The van der Waals surface area contributed by atoms with Crippen LogP contribution >= 0.6 is 0 Å². The number of pyridine rings is 1. The topological polar surface area (TPSA) is 77.2 Å². The van der Waals surface area contributed by atoms with Gasteiger partial charge in [0.1, 0.15) is 11.6 Å².